The van der Waals surface area contributed by atoms with Gasteiger partial charge in [0.1, 0.15) is 0 Å². The number of carbonyl (C=O) groups is 1. The van der Waals surface area contributed by atoms with Crippen molar-refractivity contribution in [2.45, 2.75) is 142 Å². The lowest BCUT2D eigenvalue weighted by atomic mass is 10.1. The van der Waals surface area contributed by atoms with E-state index in [0.717, 1.165) is 64.2 Å². The molecule has 2 nitrogen and oxygen atoms in total. The Bertz CT molecular complexity index is 663. The standard InChI is InChI=1S/C36H60O2/c1-3-5-7-9-11-13-15-17-19-21-23-25-27-29-31-33-35-38-36(37)34-32-30-28-26-24-22-20-18-16-14-12-10-8-6-4-2/h5-8,11-14,17-20H,3-4,9-10,15-16,21-35H2,1-2H3/b7-5+,8-6-,13-11+,14-12-,19-17+,20-18-. The summed E-state index contributed by atoms with van der Waals surface area (Å²) in [5.41, 5.74) is 0. The van der Waals surface area contributed by atoms with Crippen LogP contribution in [0.5, 0.6) is 0 Å². The lowest BCUT2D eigenvalue weighted by Gasteiger charge is -2.05. The first-order valence-corrected chi connectivity index (χ1v) is 15.9. The molecule has 0 unspecified atom stereocenters. The fraction of sp³-hybridized carbons (Fsp3) is 0.639. The van der Waals surface area contributed by atoms with Gasteiger partial charge in [-0.05, 0) is 77.0 Å². The Labute approximate surface area is 237 Å². The number of hydrogen-bond donors (Lipinski definition) is 0. The summed E-state index contributed by atoms with van der Waals surface area (Å²) in [6.07, 6.45) is 49.5. The van der Waals surface area contributed by atoms with Crippen LogP contribution in [0, 0.1) is 0 Å². The van der Waals surface area contributed by atoms with E-state index in [2.05, 4.69) is 86.8 Å². The van der Waals surface area contributed by atoms with Crippen molar-refractivity contribution in [3.8, 4) is 0 Å². The highest BCUT2D eigenvalue weighted by atomic mass is 16.5. The molecule has 0 saturated heterocycles. The van der Waals surface area contributed by atoms with Gasteiger partial charge in [0, 0.05) is 6.42 Å². The fourth-order valence-electron chi connectivity index (χ4n) is 4.04. The maximum atomic E-state index is 11.9. The molecule has 0 N–H and O–H groups in total. The number of rotatable bonds is 27. The van der Waals surface area contributed by atoms with Crippen molar-refractivity contribution in [3.63, 3.8) is 0 Å². The minimum atomic E-state index is -0.00905. The van der Waals surface area contributed by atoms with Gasteiger partial charge in [-0.3, -0.25) is 4.79 Å². The monoisotopic (exact) mass is 524 g/mol. The van der Waals surface area contributed by atoms with Crippen molar-refractivity contribution in [2.24, 2.45) is 0 Å². The molecule has 0 spiro atoms. The van der Waals surface area contributed by atoms with Crippen LogP contribution in [-0.4, -0.2) is 12.6 Å². The van der Waals surface area contributed by atoms with Gasteiger partial charge in [0.15, 0.2) is 0 Å². The molecule has 216 valence electrons. The van der Waals surface area contributed by atoms with Crippen molar-refractivity contribution in [3.05, 3.63) is 72.9 Å². The lowest BCUT2D eigenvalue weighted by Crippen LogP contribution is -2.05. The number of ether oxygens (including phenoxy) is 1. The predicted octanol–water partition coefficient (Wildman–Crippen LogP) is 11.7. The normalized spacial score (nSPS) is 12.6. The van der Waals surface area contributed by atoms with E-state index in [0.29, 0.717) is 13.0 Å². The molecule has 0 radical (unpaired) electrons. The average Bonchev–Trinajstić information content (AvgIpc) is 2.92. The predicted molar refractivity (Wildman–Crippen MR) is 169 cm³/mol. The van der Waals surface area contributed by atoms with E-state index in [1.807, 2.05) is 0 Å². The topological polar surface area (TPSA) is 26.3 Å². The molecule has 2 heteroatoms. The van der Waals surface area contributed by atoms with E-state index in [4.69, 9.17) is 4.74 Å². The van der Waals surface area contributed by atoms with Crippen molar-refractivity contribution < 1.29 is 9.53 Å². The number of carbonyl (C=O) groups excluding carboxylic acids is 1. The van der Waals surface area contributed by atoms with E-state index in [1.165, 1.54) is 57.8 Å². The Kier molecular flexibility index (Phi) is 31.1. The number of allylic oxidation sites excluding steroid dienone is 12. The second kappa shape index (κ2) is 32.9. The second-order valence-corrected chi connectivity index (χ2v) is 10.0. The molecule has 0 aromatic heterocycles. The summed E-state index contributed by atoms with van der Waals surface area (Å²) in [5, 5.41) is 0. The molecule has 0 rings (SSSR count). The molecule has 0 aliphatic rings. The first-order valence-electron chi connectivity index (χ1n) is 15.9. The maximum absolute atomic E-state index is 11.9. The summed E-state index contributed by atoms with van der Waals surface area (Å²) < 4.78 is 5.40. The quantitative estimate of drug-likeness (QED) is 0.0606. The number of unbranched alkanes of at least 4 members (excludes halogenated alkanes) is 11. The molecule has 0 saturated carbocycles. The summed E-state index contributed by atoms with van der Waals surface area (Å²) in [4.78, 5) is 11.9. The van der Waals surface area contributed by atoms with Crippen LogP contribution in [0.2, 0.25) is 0 Å². The fourth-order valence-corrected chi connectivity index (χ4v) is 4.04. The average molecular weight is 525 g/mol. The third-order valence-electron chi connectivity index (χ3n) is 6.34. The summed E-state index contributed by atoms with van der Waals surface area (Å²) in [6, 6.07) is 0. The van der Waals surface area contributed by atoms with E-state index in [1.54, 1.807) is 0 Å². The molecule has 0 aromatic carbocycles. The van der Waals surface area contributed by atoms with Crippen molar-refractivity contribution in [1.82, 2.24) is 0 Å². The molecule has 0 heterocycles. The molecule has 0 aliphatic heterocycles. The molecule has 0 bridgehead atoms. The molecule has 0 amide bonds. The second-order valence-electron chi connectivity index (χ2n) is 10.0. The van der Waals surface area contributed by atoms with Crippen LogP contribution in [0.4, 0.5) is 0 Å². The maximum Gasteiger partial charge on any atom is 0.305 e. The van der Waals surface area contributed by atoms with Crippen molar-refractivity contribution in [2.75, 3.05) is 6.61 Å². The van der Waals surface area contributed by atoms with Gasteiger partial charge in [0.25, 0.3) is 0 Å². The summed E-state index contributed by atoms with van der Waals surface area (Å²) in [7, 11) is 0. The number of esters is 1. The Morgan fingerprint density at radius 1 is 0.447 bits per heavy atom. The zero-order chi connectivity index (χ0) is 27.6. The third kappa shape index (κ3) is 31.9. The Balaban J connectivity index is 3.33. The largest absolute Gasteiger partial charge is 0.466 e. The van der Waals surface area contributed by atoms with Gasteiger partial charge in [0.05, 0.1) is 6.61 Å². The molecule has 38 heavy (non-hydrogen) atoms. The van der Waals surface area contributed by atoms with Gasteiger partial charge in [-0.2, -0.15) is 0 Å². The first kappa shape index (κ1) is 35.9. The van der Waals surface area contributed by atoms with E-state index in [9.17, 15) is 4.79 Å². The van der Waals surface area contributed by atoms with Gasteiger partial charge >= 0.3 is 5.97 Å². The van der Waals surface area contributed by atoms with Gasteiger partial charge < -0.3 is 4.74 Å². The minimum absolute atomic E-state index is 0.00905. The summed E-state index contributed by atoms with van der Waals surface area (Å²) in [6.45, 7) is 4.93. The van der Waals surface area contributed by atoms with E-state index in [-0.39, 0.29) is 5.97 Å². The molecule has 0 fully saturated rings. The van der Waals surface area contributed by atoms with E-state index >= 15 is 0 Å². The molecule has 0 aromatic rings. The third-order valence-corrected chi connectivity index (χ3v) is 6.34. The van der Waals surface area contributed by atoms with Crippen LogP contribution in [0.3, 0.4) is 0 Å². The van der Waals surface area contributed by atoms with Crippen molar-refractivity contribution in [1.29, 1.82) is 0 Å². The highest BCUT2D eigenvalue weighted by molar-refractivity contribution is 5.69. The minimum Gasteiger partial charge on any atom is -0.466 e. The molecular weight excluding hydrogens is 464 g/mol. The lowest BCUT2D eigenvalue weighted by molar-refractivity contribution is -0.143. The van der Waals surface area contributed by atoms with Gasteiger partial charge in [-0.25, -0.2) is 0 Å². The van der Waals surface area contributed by atoms with Crippen LogP contribution >= 0.6 is 0 Å². The van der Waals surface area contributed by atoms with Crippen LogP contribution in [-0.2, 0) is 9.53 Å². The van der Waals surface area contributed by atoms with Crippen LogP contribution in [0.1, 0.15) is 142 Å². The summed E-state index contributed by atoms with van der Waals surface area (Å²) in [5.74, 6) is -0.00905. The Morgan fingerprint density at radius 2 is 0.816 bits per heavy atom. The van der Waals surface area contributed by atoms with Gasteiger partial charge in [-0.15, -0.1) is 0 Å². The highest BCUT2D eigenvalue weighted by Gasteiger charge is 2.02. The zero-order valence-corrected chi connectivity index (χ0v) is 25.1. The zero-order valence-electron chi connectivity index (χ0n) is 25.1. The SMILES string of the molecule is CC/C=C\C/C=C\C/C=C\CCCCCCCC(=O)OCCCCCCCC/C=C/C/C=C/C/C=C/CC. The highest BCUT2D eigenvalue weighted by Crippen LogP contribution is 2.10. The molecule has 0 aliphatic carbocycles. The molecular formula is C36H60O2. The van der Waals surface area contributed by atoms with Gasteiger partial charge in [0.2, 0.25) is 0 Å². The Hall–Kier alpha value is -2.09. The molecule has 0 atom stereocenters. The summed E-state index contributed by atoms with van der Waals surface area (Å²) >= 11 is 0. The van der Waals surface area contributed by atoms with Crippen LogP contribution in [0.15, 0.2) is 72.9 Å². The Morgan fingerprint density at radius 3 is 1.29 bits per heavy atom. The van der Waals surface area contributed by atoms with Gasteiger partial charge in [-0.1, -0.05) is 132 Å². The van der Waals surface area contributed by atoms with Crippen molar-refractivity contribution >= 4 is 5.97 Å². The first-order chi connectivity index (χ1) is 18.8. The van der Waals surface area contributed by atoms with E-state index < -0.39 is 0 Å². The van der Waals surface area contributed by atoms with Crippen LogP contribution < -0.4 is 0 Å². The van der Waals surface area contributed by atoms with Crippen LogP contribution in [0.25, 0.3) is 0 Å². The number of hydrogen-bond acceptors (Lipinski definition) is 2. The smallest absolute Gasteiger partial charge is 0.305 e.